The first-order valence-electron chi connectivity index (χ1n) is 8.23. The van der Waals surface area contributed by atoms with E-state index in [4.69, 9.17) is 4.74 Å². The van der Waals surface area contributed by atoms with Gasteiger partial charge in [0.05, 0.1) is 11.8 Å². The van der Waals surface area contributed by atoms with E-state index in [1.807, 2.05) is 54.6 Å². The molecule has 5 nitrogen and oxygen atoms in total. The number of ether oxygens (including phenoxy) is 1. The van der Waals surface area contributed by atoms with E-state index in [2.05, 4.69) is 10.2 Å². The average Bonchev–Trinajstić information content (AvgIpc) is 3.01. The second kappa shape index (κ2) is 7.95. The quantitative estimate of drug-likeness (QED) is 0.857. The van der Waals surface area contributed by atoms with Crippen LogP contribution in [0.5, 0.6) is 11.5 Å². The summed E-state index contributed by atoms with van der Waals surface area (Å²) in [7, 11) is 0. The zero-order valence-corrected chi connectivity index (χ0v) is 13.5. The van der Waals surface area contributed by atoms with Crippen LogP contribution >= 0.6 is 0 Å². The molecular formula is C19H22N2O3. The summed E-state index contributed by atoms with van der Waals surface area (Å²) < 4.78 is 5.84. The van der Waals surface area contributed by atoms with Crippen LogP contribution in [0.2, 0.25) is 0 Å². The topological polar surface area (TPSA) is 61.8 Å². The number of hydrogen-bond donors (Lipinski definition) is 2. The number of amides is 1. The molecule has 1 aliphatic rings. The van der Waals surface area contributed by atoms with Crippen molar-refractivity contribution in [1.82, 2.24) is 4.90 Å². The lowest BCUT2D eigenvalue weighted by Gasteiger charge is -2.15. The Morgan fingerprint density at radius 3 is 2.67 bits per heavy atom. The Kier molecular flexibility index (Phi) is 5.46. The van der Waals surface area contributed by atoms with Crippen molar-refractivity contribution in [2.24, 2.45) is 0 Å². The van der Waals surface area contributed by atoms with Gasteiger partial charge in [-0.05, 0) is 30.7 Å². The van der Waals surface area contributed by atoms with Gasteiger partial charge in [0.2, 0.25) is 5.91 Å². The van der Waals surface area contributed by atoms with Gasteiger partial charge in [-0.2, -0.15) is 0 Å². The van der Waals surface area contributed by atoms with Crippen molar-refractivity contribution < 1.29 is 14.6 Å². The van der Waals surface area contributed by atoms with Crippen molar-refractivity contribution in [2.75, 3.05) is 25.0 Å². The molecular weight excluding hydrogens is 304 g/mol. The molecule has 1 fully saturated rings. The minimum atomic E-state index is -0.256. The number of aliphatic hydroxyl groups excluding tert-OH is 1. The first kappa shape index (κ1) is 16.5. The average molecular weight is 326 g/mol. The number of anilines is 1. The zero-order chi connectivity index (χ0) is 16.8. The molecule has 2 N–H and O–H groups in total. The van der Waals surface area contributed by atoms with Gasteiger partial charge >= 0.3 is 0 Å². The number of nitrogens with one attached hydrogen (secondary N) is 1. The number of likely N-dealkylation sites (tertiary alicyclic amines) is 1. The van der Waals surface area contributed by atoms with Crippen LogP contribution in [0, 0.1) is 0 Å². The van der Waals surface area contributed by atoms with Crippen molar-refractivity contribution in [3.8, 4) is 11.5 Å². The van der Waals surface area contributed by atoms with Crippen molar-refractivity contribution in [3.05, 3.63) is 54.6 Å². The first-order chi connectivity index (χ1) is 11.7. The molecule has 0 radical (unpaired) electrons. The smallest absolute Gasteiger partial charge is 0.225 e. The van der Waals surface area contributed by atoms with E-state index in [0.29, 0.717) is 30.9 Å². The van der Waals surface area contributed by atoms with Gasteiger partial charge in [0.1, 0.15) is 5.75 Å². The summed E-state index contributed by atoms with van der Waals surface area (Å²) >= 11 is 0. The second-order valence-electron chi connectivity index (χ2n) is 5.95. The van der Waals surface area contributed by atoms with Crippen molar-refractivity contribution in [2.45, 2.75) is 18.9 Å². The minimum Gasteiger partial charge on any atom is -0.455 e. The molecule has 0 aromatic heterocycles. The highest BCUT2D eigenvalue weighted by molar-refractivity contribution is 5.92. The molecule has 1 atom stereocenters. The zero-order valence-electron chi connectivity index (χ0n) is 13.5. The van der Waals surface area contributed by atoms with E-state index in [9.17, 15) is 9.90 Å². The lowest BCUT2D eigenvalue weighted by atomic mass is 10.2. The monoisotopic (exact) mass is 326 g/mol. The van der Waals surface area contributed by atoms with Crippen molar-refractivity contribution >= 4 is 11.6 Å². The van der Waals surface area contributed by atoms with Crippen LogP contribution in [0.15, 0.2) is 54.6 Å². The van der Waals surface area contributed by atoms with Crippen LogP contribution in [0.25, 0.3) is 0 Å². The van der Waals surface area contributed by atoms with E-state index in [1.165, 1.54) is 0 Å². The second-order valence-corrected chi connectivity index (χ2v) is 5.95. The maximum absolute atomic E-state index is 12.2. The molecule has 1 heterocycles. The number of carbonyl (C=O) groups excluding carboxylic acids is 1. The summed E-state index contributed by atoms with van der Waals surface area (Å²) in [5, 5.41) is 12.4. The molecule has 0 spiro atoms. The maximum Gasteiger partial charge on any atom is 0.225 e. The molecule has 3 rings (SSSR count). The largest absolute Gasteiger partial charge is 0.455 e. The highest BCUT2D eigenvalue weighted by Gasteiger charge is 2.20. The van der Waals surface area contributed by atoms with Gasteiger partial charge in [0.25, 0.3) is 0 Å². The lowest BCUT2D eigenvalue weighted by Crippen LogP contribution is -2.26. The van der Waals surface area contributed by atoms with Gasteiger partial charge in [0, 0.05) is 26.1 Å². The van der Waals surface area contributed by atoms with Gasteiger partial charge < -0.3 is 20.1 Å². The summed E-state index contributed by atoms with van der Waals surface area (Å²) in [6.07, 6.45) is 0.926. The van der Waals surface area contributed by atoms with Gasteiger partial charge in [0.15, 0.2) is 5.75 Å². The van der Waals surface area contributed by atoms with E-state index in [0.717, 1.165) is 18.7 Å². The fourth-order valence-electron chi connectivity index (χ4n) is 2.76. The molecule has 5 heteroatoms. The van der Waals surface area contributed by atoms with Crippen molar-refractivity contribution in [1.29, 1.82) is 0 Å². The highest BCUT2D eigenvalue weighted by Crippen LogP contribution is 2.29. The number of aliphatic hydroxyl groups is 1. The molecule has 1 saturated heterocycles. The Morgan fingerprint density at radius 1 is 1.17 bits per heavy atom. The summed E-state index contributed by atoms with van der Waals surface area (Å²) in [4.78, 5) is 14.3. The van der Waals surface area contributed by atoms with E-state index < -0.39 is 0 Å². The molecule has 2 aromatic carbocycles. The summed E-state index contributed by atoms with van der Waals surface area (Å²) in [6, 6.07) is 16.9. The van der Waals surface area contributed by atoms with Crippen LogP contribution < -0.4 is 10.1 Å². The molecule has 1 amide bonds. The highest BCUT2D eigenvalue weighted by atomic mass is 16.5. The number of nitrogens with zero attached hydrogens (tertiary/aromatic N) is 1. The predicted molar refractivity (Wildman–Crippen MR) is 93.3 cm³/mol. The molecule has 24 heavy (non-hydrogen) atoms. The van der Waals surface area contributed by atoms with Gasteiger partial charge in [-0.15, -0.1) is 0 Å². The molecule has 0 aliphatic carbocycles. The lowest BCUT2D eigenvalue weighted by molar-refractivity contribution is -0.116. The predicted octanol–water partition coefficient (Wildman–Crippen LogP) is 2.87. The number of rotatable bonds is 6. The van der Waals surface area contributed by atoms with E-state index in [1.54, 1.807) is 0 Å². The Morgan fingerprint density at radius 2 is 1.92 bits per heavy atom. The van der Waals surface area contributed by atoms with Gasteiger partial charge in [-0.3, -0.25) is 4.79 Å². The number of para-hydroxylation sites is 3. The van der Waals surface area contributed by atoms with Crippen LogP contribution in [0.1, 0.15) is 12.8 Å². The molecule has 1 aliphatic heterocycles. The Hall–Kier alpha value is -2.37. The van der Waals surface area contributed by atoms with Crippen LogP contribution in [0.4, 0.5) is 5.69 Å². The number of benzene rings is 2. The van der Waals surface area contributed by atoms with Gasteiger partial charge in [-0.25, -0.2) is 0 Å². The fourth-order valence-corrected chi connectivity index (χ4v) is 2.76. The minimum absolute atomic E-state index is 0.0551. The Labute approximate surface area is 141 Å². The molecule has 0 bridgehead atoms. The van der Waals surface area contributed by atoms with E-state index >= 15 is 0 Å². The number of carbonyl (C=O) groups is 1. The SMILES string of the molecule is O=C(CCN1CC[C@H](O)C1)Nc1ccccc1Oc1ccccc1. The fraction of sp³-hybridized carbons (Fsp3) is 0.316. The normalized spacial score (nSPS) is 17.6. The molecule has 0 unspecified atom stereocenters. The maximum atomic E-state index is 12.2. The Bertz CT molecular complexity index is 675. The van der Waals surface area contributed by atoms with Crippen LogP contribution in [0.3, 0.4) is 0 Å². The standard InChI is InChI=1S/C19H22N2O3/c22-15-10-12-21(14-15)13-11-19(23)20-17-8-4-5-9-18(17)24-16-6-2-1-3-7-16/h1-9,15,22H,10-14H2,(H,20,23)/t15-/m0/s1. The first-order valence-corrected chi connectivity index (χ1v) is 8.23. The summed E-state index contributed by atoms with van der Waals surface area (Å²) in [6.45, 7) is 2.16. The van der Waals surface area contributed by atoms with Gasteiger partial charge in [-0.1, -0.05) is 30.3 Å². The molecule has 126 valence electrons. The third-order valence-electron chi connectivity index (χ3n) is 4.03. The van der Waals surface area contributed by atoms with E-state index in [-0.39, 0.29) is 12.0 Å². The number of hydrogen-bond acceptors (Lipinski definition) is 4. The summed E-state index contributed by atoms with van der Waals surface area (Å²) in [5.41, 5.74) is 0.660. The van der Waals surface area contributed by atoms with Crippen LogP contribution in [-0.2, 0) is 4.79 Å². The van der Waals surface area contributed by atoms with Crippen molar-refractivity contribution in [3.63, 3.8) is 0 Å². The third-order valence-corrected chi connectivity index (χ3v) is 4.03. The van der Waals surface area contributed by atoms with Crippen LogP contribution in [-0.4, -0.2) is 41.7 Å². The third kappa shape index (κ3) is 4.57. The molecule has 0 saturated carbocycles. The number of β-amino-alcohol motifs (C(OH)–C–C–N with tert-alkyl or cyclic N) is 1. The summed E-state index contributed by atoms with van der Waals surface area (Å²) in [5.74, 6) is 1.29. The molecule has 2 aromatic rings. The Balaban J connectivity index is 1.57.